The number of hydrogen-bond donors (Lipinski definition) is 0. The summed E-state index contributed by atoms with van der Waals surface area (Å²) in [7, 11) is 0. The summed E-state index contributed by atoms with van der Waals surface area (Å²) in [5.74, 6) is -0.729. The van der Waals surface area contributed by atoms with E-state index >= 15 is 0 Å². The third kappa shape index (κ3) is 3.73. The molecule has 7 nitrogen and oxygen atoms in total. The van der Waals surface area contributed by atoms with Gasteiger partial charge in [-0.25, -0.2) is 0 Å². The molecule has 2 heterocycles. The van der Waals surface area contributed by atoms with E-state index in [1.54, 1.807) is 36.1 Å². The number of carbonyl (C=O) groups is 4. The van der Waals surface area contributed by atoms with Gasteiger partial charge in [-0.05, 0) is 38.3 Å². The first-order valence-electron chi connectivity index (χ1n) is 11.0. The molecular weight excluding hydrogens is 382 g/mol. The van der Waals surface area contributed by atoms with Crippen LogP contribution in [-0.4, -0.2) is 70.5 Å². The van der Waals surface area contributed by atoms with Gasteiger partial charge in [0.1, 0.15) is 6.04 Å². The number of benzene rings is 1. The van der Waals surface area contributed by atoms with Crippen molar-refractivity contribution in [1.82, 2.24) is 14.7 Å². The number of rotatable bonds is 3. The molecule has 1 atom stereocenters. The van der Waals surface area contributed by atoms with Crippen molar-refractivity contribution in [1.29, 1.82) is 0 Å². The Morgan fingerprint density at radius 1 is 0.833 bits per heavy atom. The fraction of sp³-hybridized carbons (Fsp3) is 0.565. The summed E-state index contributed by atoms with van der Waals surface area (Å²) < 4.78 is 0. The van der Waals surface area contributed by atoms with Gasteiger partial charge in [-0.2, -0.15) is 0 Å². The first-order valence-corrected chi connectivity index (χ1v) is 11.0. The summed E-state index contributed by atoms with van der Waals surface area (Å²) in [6, 6.07) is 5.80. The van der Waals surface area contributed by atoms with Gasteiger partial charge in [-0.15, -0.1) is 0 Å². The Morgan fingerprint density at radius 2 is 1.40 bits per heavy atom. The van der Waals surface area contributed by atoms with Gasteiger partial charge in [-0.3, -0.25) is 24.1 Å². The van der Waals surface area contributed by atoms with E-state index in [4.69, 9.17) is 0 Å². The zero-order valence-corrected chi connectivity index (χ0v) is 17.5. The molecule has 0 radical (unpaired) electrons. The van der Waals surface area contributed by atoms with Crippen LogP contribution in [0.15, 0.2) is 24.3 Å². The van der Waals surface area contributed by atoms with Crippen molar-refractivity contribution in [2.24, 2.45) is 5.92 Å². The molecule has 4 amide bonds. The number of amides is 4. The fourth-order valence-corrected chi connectivity index (χ4v) is 4.90. The lowest BCUT2D eigenvalue weighted by Crippen LogP contribution is -2.50. The van der Waals surface area contributed by atoms with Crippen LogP contribution in [0.2, 0.25) is 0 Å². The minimum Gasteiger partial charge on any atom is -0.341 e. The molecule has 160 valence electrons. The summed E-state index contributed by atoms with van der Waals surface area (Å²) >= 11 is 0. The molecule has 1 saturated carbocycles. The monoisotopic (exact) mass is 411 g/mol. The summed E-state index contributed by atoms with van der Waals surface area (Å²) in [5, 5.41) is 0. The summed E-state index contributed by atoms with van der Waals surface area (Å²) in [6.07, 6.45) is 6.09. The zero-order chi connectivity index (χ0) is 21.3. The SMILES string of the molecule is CC(C(=O)N1CCCN(C(=O)C2CCCCC2)CC1)N1C(=O)c2ccccc2C1=O. The molecule has 2 fully saturated rings. The zero-order valence-electron chi connectivity index (χ0n) is 17.5. The van der Waals surface area contributed by atoms with Crippen LogP contribution < -0.4 is 0 Å². The highest BCUT2D eigenvalue weighted by atomic mass is 16.2. The molecule has 0 spiro atoms. The molecule has 1 unspecified atom stereocenters. The van der Waals surface area contributed by atoms with Crippen molar-refractivity contribution in [3.05, 3.63) is 35.4 Å². The van der Waals surface area contributed by atoms with Crippen LogP contribution in [0.3, 0.4) is 0 Å². The molecule has 1 aliphatic carbocycles. The maximum Gasteiger partial charge on any atom is 0.262 e. The smallest absolute Gasteiger partial charge is 0.262 e. The lowest BCUT2D eigenvalue weighted by atomic mass is 9.88. The van der Waals surface area contributed by atoms with Crippen LogP contribution in [0.25, 0.3) is 0 Å². The van der Waals surface area contributed by atoms with Crippen molar-refractivity contribution in [2.75, 3.05) is 26.2 Å². The first-order chi connectivity index (χ1) is 14.5. The van der Waals surface area contributed by atoms with E-state index < -0.39 is 17.9 Å². The first kappa shape index (κ1) is 20.6. The molecule has 0 bridgehead atoms. The van der Waals surface area contributed by atoms with Gasteiger partial charge >= 0.3 is 0 Å². The van der Waals surface area contributed by atoms with Crippen LogP contribution >= 0.6 is 0 Å². The summed E-state index contributed by atoms with van der Waals surface area (Å²) in [6.45, 7) is 3.74. The van der Waals surface area contributed by atoms with Crippen LogP contribution in [0.5, 0.6) is 0 Å². The second kappa shape index (κ2) is 8.58. The molecule has 1 saturated heterocycles. The molecule has 0 aromatic heterocycles. The van der Waals surface area contributed by atoms with Gasteiger partial charge in [0.25, 0.3) is 11.8 Å². The molecule has 7 heteroatoms. The average Bonchev–Trinajstić information content (AvgIpc) is 2.94. The molecule has 0 N–H and O–H groups in total. The third-order valence-corrected chi connectivity index (χ3v) is 6.64. The van der Waals surface area contributed by atoms with Gasteiger partial charge in [-0.1, -0.05) is 31.4 Å². The van der Waals surface area contributed by atoms with Gasteiger partial charge in [0.2, 0.25) is 11.8 Å². The summed E-state index contributed by atoms with van der Waals surface area (Å²) in [5.41, 5.74) is 0.699. The molecule has 30 heavy (non-hydrogen) atoms. The van der Waals surface area contributed by atoms with Gasteiger partial charge < -0.3 is 9.80 Å². The number of hydrogen-bond acceptors (Lipinski definition) is 4. The third-order valence-electron chi connectivity index (χ3n) is 6.64. The normalized spacial score (nSPS) is 21.4. The molecular formula is C23H29N3O4. The predicted molar refractivity (Wildman–Crippen MR) is 111 cm³/mol. The quantitative estimate of drug-likeness (QED) is 0.715. The van der Waals surface area contributed by atoms with E-state index in [2.05, 4.69) is 0 Å². The minimum absolute atomic E-state index is 0.123. The predicted octanol–water partition coefficient (Wildman–Crippen LogP) is 2.31. The molecule has 2 aliphatic heterocycles. The van der Waals surface area contributed by atoms with Crippen molar-refractivity contribution in [3.8, 4) is 0 Å². The Kier molecular flexibility index (Phi) is 5.88. The Morgan fingerprint density at radius 3 is 2.03 bits per heavy atom. The van der Waals surface area contributed by atoms with Crippen molar-refractivity contribution < 1.29 is 19.2 Å². The second-order valence-electron chi connectivity index (χ2n) is 8.54. The maximum absolute atomic E-state index is 13.1. The van der Waals surface area contributed by atoms with E-state index in [1.807, 2.05) is 4.90 Å². The highest BCUT2D eigenvalue weighted by Crippen LogP contribution is 2.27. The lowest BCUT2D eigenvalue weighted by Gasteiger charge is -2.30. The number of nitrogens with zero attached hydrogens (tertiary/aromatic N) is 3. The van der Waals surface area contributed by atoms with E-state index in [0.29, 0.717) is 43.7 Å². The molecule has 4 rings (SSSR count). The standard InChI is InChI=1S/C23H29N3O4/c1-16(26-22(29)18-10-5-6-11-19(18)23(26)30)20(27)24-12-7-13-25(15-14-24)21(28)17-8-3-2-4-9-17/h5-6,10-11,16-17H,2-4,7-9,12-15H2,1H3. The Balaban J connectivity index is 1.40. The lowest BCUT2D eigenvalue weighted by molar-refractivity contribution is -0.138. The topological polar surface area (TPSA) is 78.0 Å². The minimum atomic E-state index is -0.863. The van der Waals surface area contributed by atoms with E-state index in [9.17, 15) is 19.2 Å². The Hall–Kier alpha value is -2.70. The number of fused-ring (bicyclic) bond motifs is 1. The van der Waals surface area contributed by atoms with E-state index in [-0.39, 0.29) is 17.7 Å². The van der Waals surface area contributed by atoms with Crippen LogP contribution in [-0.2, 0) is 9.59 Å². The van der Waals surface area contributed by atoms with Crippen LogP contribution in [0, 0.1) is 5.92 Å². The van der Waals surface area contributed by atoms with Crippen molar-refractivity contribution in [2.45, 2.75) is 51.5 Å². The van der Waals surface area contributed by atoms with Gasteiger partial charge in [0.05, 0.1) is 11.1 Å². The Labute approximate surface area is 177 Å². The number of imide groups is 1. The fourth-order valence-electron chi connectivity index (χ4n) is 4.90. The number of carbonyl (C=O) groups excluding carboxylic acids is 4. The maximum atomic E-state index is 13.1. The molecule has 3 aliphatic rings. The van der Waals surface area contributed by atoms with Gasteiger partial charge in [0.15, 0.2) is 0 Å². The van der Waals surface area contributed by atoms with Crippen molar-refractivity contribution in [3.63, 3.8) is 0 Å². The highest BCUT2D eigenvalue weighted by Gasteiger charge is 2.42. The van der Waals surface area contributed by atoms with E-state index in [0.717, 1.165) is 30.6 Å². The van der Waals surface area contributed by atoms with Crippen LogP contribution in [0.4, 0.5) is 0 Å². The molecule has 1 aromatic carbocycles. The van der Waals surface area contributed by atoms with Crippen LogP contribution in [0.1, 0.15) is 66.2 Å². The van der Waals surface area contributed by atoms with Gasteiger partial charge in [0, 0.05) is 32.1 Å². The second-order valence-corrected chi connectivity index (χ2v) is 8.54. The Bertz CT molecular complexity index is 827. The average molecular weight is 412 g/mol. The highest BCUT2D eigenvalue weighted by molar-refractivity contribution is 6.22. The molecule has 1 aromatic rings. The largest absolute Gasteiger partial charge is 0.341 e. The summed E-state index contributed by atoms with van der Waals surface area (Å²) in [4.78, 5) is 56.1. The van der Waals surface area contributed by atoms with Crippen molar-refractivity contribution >= 4 is 23.6 Å². The van der Waals surface area contributed by atoms with E-state index in [1.165, 1.54) is 6.42 Å².